The molecule has 0 spiro atoms. The molecule has 8 heteroatoms. The van der Waals surface area contributed by atoms with Gasteiger partial charge in [0.15, 0.2) is 0 Å². The number of anilines is 1. The molecule has 20 heavy (non-hydrogen) atoms. The molecule has 0 saturated carbocycles. The van der Waals surface area contributed by atoms with Crippen molar-refractivity contribution < 1.29 is 13.3 Å². The quantitative estimate of drug-likeness (QED) is 0.661. The fourth-order valence-corrected chi connectivity index (χ4v) is 3.55. The number of para-hydroxylation sites is 2. The highest BCUT2D eigenvalue weighted by Gasteiger charge is 2.26. The fraction of sp³-hybridized carbons (Fsp3) is 0.500. The molecule has 1 aromatic carbocycles. The number of hydrogen-bond donors (Lipinski definition) is 1. The van der Waals surface area contributed by atoms with Gasteiger partial charge in [-0.3, -0.25) is 10.1 Å². The molecule has 1 saturated heterocycles. The molecular formula is C12H17N3O4S. The van der Waals surface area contributed by atoms with Gasteiger partial charge in [-0.2, -0.15) is 0 Å². The minimum atomic E-state index is -3.45. The topological polar surface area (TPSA) is 107 Å². The summed E-state index contributed by atoms with van der Waals surface area (Å²) < 4.78 is 22.1. The van der Waals surface area contributed by atoms with Crippen LogP contribution in [0, 0.1) is 16.0 Å². The van der Waals surface area contributed by atoms with E-state index in [1.807, 2.05) is 4.90 Å². The van der Waals surface area contributed by atoms with E-state index in [-0.39, 0.29) is 17.4 Å². The zero-order valence-electron chi connectivity index (χ0n) is 10.9. The van der Waals surface area contributed by atoms with E-state index in [2.05, 4.69) is 0 Å². The van der Waals surface area contributed by atoms with E-state index in [1.54, 1.807) is 18.2 Å². The molecular weight excluding hydrogens is 282 g/mol. The third kappa shape index (κ3) is 3.67. The van der Waals surface area contributed by atoms with Crippen molar-refractivity contribution in [2.75, 3.05) is 23.7 Å². The number of benzene rings is 1. The van der Waals surface area contributed by atoms with E-state index < -0.39 is 14.9 Å². The van der Waals surface area contributed by atoms with Gasteiger partial charge in [0.1, 0.15) is 5.69 Å². The van der Waals surface area contributed by atoms with E-state index in [0.29, 0.717) is 31.6 Å². The van der Waals surface area contributed by atoms with Crippen molar-refractivity contribution in [3.63, 3.8) is 0 Å². The van der Waals surface area contributed by atoms with Crippen LogP contribution in [0.25, 0.3) is 0 Å². The summed E-state index contributed by atoms with van der Waals surface area (Å²) in [6.07, 6.45) is 1.34. The maximum Gasteiger partial charge on any atom is 0.292 e. The summed E-state index contributed by atoms with van der Waals surface area (Å²) in [6, 6.07) is 6.60. The van der Waals surface area contributed by atoms with Crippen molar-refractivity contribution in [3.05, 3.63) is 34.4 Å². The smallest absolute Gasteiger partial charge is 0.292 e. The van der Waals surface area contributed by atoms with Gasteiger partial charge in [0, 0.05) is 19.2 Å². The van der Waals surface area contributed by atoms with E-state index >= 15 is 0 Å². The van der Waals surface area contributed by atoms with Crippen molar-refractivity contribution in [2.24, 2.45) is 11.1 Å². The Bertz CT molecular complexity index is 594. The molecule has 0 atom stereocenters. The number of piperidine rings is 1. The molecule has 0 aromatic heterocycles. The summed E-state index contributed by atoms with van der Waals surface area (Å²) in [5, 5.41) is 16.0. The van der Waals surface area contributed by atoms with Crippen LogP contribution < -0.4 is 10.0 Å². The largest absolute Gasteiger partial charge is 0.366 e. The van der Waals surface area contributed by atoms with Crippen LogP contribution in [-0.4, -0.2) is 32.2 Å². The van der Waals surface area contributed by atoms with Gasteiger partial charge in [0.2, 0.25) is 10.0 Å². The van der Waals surface area contributed by atoms with Gasteiger partial charge in [-0.15, -0.1) is 0 Å². The molecule has 1 aromatic rings. The molecule has 2 rings (SSSR count). The van der Waals surface area contributed by atoms with E-state index in [9.17, 15) is 18.5 Å². The number of nitrogens with zero attached hydrogens (tertiary/aromatic N) is 2. The first-order chi connectivity index (χ1) is 9.37. The number of rotatable bonds is 4. The SMILES string of the molecule is NS(=O)(=O)CC1CCN(c2ccccc2[N+](=O)[O-])CC1. The van der Waals surface area contributed by atoms with Crippen molar-refractivity contribution in [2.45, 2.75) is 12.8 Å². The van der Waals surface area contributed by atoms with Crippen LogP contribution >= 0.6 is 0 Å². The monoisotopic (exact) mass is 299 g/mol. The summed E-state index contributed by atoms with van der Waals surface area (Å²) in [7, 11) is -3.45. The molecule has 0 bridgehead atoms. The molecule has 1 aliphatic heterocycles. The molecule has 0 radical (unpaired) electrons. The molecule has 1 heterocycles. The average molecular weight is 299 g/mol. The van der Waals surface area contributed by atoms with E-state index in [1.165, 1.54) is 6.07 Å². The number of nitro groups is 1. The summed E-state index contributed by atoms with van der Waals surface area (Å²) in [4.78, 5) is 12.5. The summed E-state index contributed by atoms with van der Waals surface area (Å²) in [5.74, 6) is 0.0154. The van der Waals surface area contributed by atoms with Crippen molar-refractivity contribution in [1.82, 2.24) is 0 Å². The lowest BCUT2D eigenvalue weighted by Gasteiger charge is -2.32. The van der Waals surface area contributed by atoms with Crippen LogP contribution in [0.2, 0.25) is 0 Å². The van der Waals surface area contributed by atoms with Crippen LogP contribution in [0.3, 0.4) is 0 Å². The molecule has 110 valence electrons. The minimum Gasteiger partial charge on any atom is -0.366 e. The Balaban J connectivity index is 2.06. The Morgan fingerprint density at radius 2 is 1.90 bits per heavy atom. The molecule has 1 fully saturated rings. The standard InChI is InChI=1S/C12H17N3O4S/c13-20(18,19)9-10-5-7-14(8-6-10)11-3-1-2-4-12(11)15(16)17/h1-4,10H,5-9H2,(H2,13,18,19). The summed E-state index contributed by atoms with van der Waals surface area (Å²) in [6.45, 7) is 1.20. The lowest BCUT2D eigenvalue weighted by atomic mass is 9.98. The van der Waals surface area contributed by atoms with Gasteiger partial charge in [0.25, 0.3) is 5.69 Å². The van der Waals surface area contributed by atoms with Gasteiger partial charge in [-0.05, 0) is 24.8 Å². The minimum absolute atomic E-state index is 0.0161. The second kappa shape index (κ2) is 5.76. The number of primary sulfonamides is 1. The first-order valence-corrected chi connectivity index (χ1v) is 8.07. The van der Waals surface area contributed by atoms with Gasteiger partial charge < -0.3 is 4.90 Å². The van der Waals surface area contributed by atoms with E-state index in [4.69, 9.17) is 5.14 Å². The predicted octanol–water partition coefficient (Wildman–Crippen LogP) is 1.10. The lowest BCUT2D eigenvalue weighted by molar-refractivity contribution is -0.384. The molecule has 0 amide bonds. The summed E-state index contributed by atoms with van der Waals surface area (Å²) >= 11 is 0. The number of nitro benzene ring substituents is 1. The van der Waals surface area contributed by atoms with Crippen LogP contribution in [0.15, 0.2) is 24.3 Å². The van der Waals surface area contributed by atoms with Gasteiger partial charge >= 0.3 is 0 Å². The fourth-order valence-electron chi connectivity index (χ4n) is 2.56. The molecule has 0 unspecified atom stereocenters. The molecule has 0 aliphatic carbocycles. The first-order valence-electron chi connectivity index (χ1n) is 6.35. The van der Waals surface area contributed by atoms with Crippen LogP contribution in [0.4, 0.5) is 11.4 Å². The van der Waals surface area contributed by atoms with Crippen LogP contribution in [-0.2, 0) is 10.0 Å². The Morgan fingerprint density at radius 3 is 2.45 bits per heavy atom. The average Bonchev–Trinajstić information content (AvgIpc) is 2.38. The number of nitrogens with two attached hydrogens (primary N) is 1. The molecule has 7 nitrogen and oxygen atoms in total. The number of hydrogen-bond acceptors (Lipinski definition) is 5. The van der Waals surface area contributed by atoms with Gasteiger partial charge in [-0.1, -0.05) is 12.1 Å². The number of sulfonamides is 1. The van der Waals surface area contributed by atoms with Gasteiger partial charge in [0.05, 0.1) is 10.7 Å². The zero-order valence-corrected chi connectivity index (χ0v) is 11.8. The maximum absolute atomic E-state index is 11.1. The van der Waals surface area contributed by atoms with Crippen LogP contribution in [0.5, 0.6) is 0 Å². The lowest BCUT2D eigenvalue weighted by Crippen LogP contribution is -2.37. The Kier molecular flexibility index (Phi) is 4.24. The van der Waals surface area contributed by atoms with Crippen molar-refractivity contribution in [3.8, 4) is 0 Å². The maximum atomic E-state index is 11.1. The second-order valence-corrected chi connectivity index (χ2v) is 6.66. The predicted molar refractivity (Wildman–Crippen MR) is 76.0 cm³/mol. The second-order valence-electron chi connectivity index (χ2n) is 5.01. The van der Waals surface area contributed by atoms with E-state index in [0.717, 1.165) is 0 Å². The first kappa shape index (κ1) is 14.7. The molecule has 2 N–H and O–H groups in total. The van der Waals surface area contributed by atoms with Crippen LogP contribution in [0.1, 0.15) is 12.8 Å². The normalized spacial score (nSPS) is 17.1. The Morgan fingerprint density at radius 1 is 1.30 bits per heavy atom. The molecule has 1 aliphatic rings. The zero-order chi connectivity index (χ0) is 14.8. The highest BCUT2D eigenvalue weighted by atomic mass is 32.2. The Labute approximate surface area is 117 Å². The van der Waals surface area contributed by atoms with Gasteiger partial charge in [-0.25, -0.2) is 13.6 Å². The summed E-state index contributed by atoms with van der Waals surface area (Å²) in [5.41, 5.74) is 0.670. The third-order valence-electron chi connectivity index (χ3n) is 3.50. The highest BCUT2D eigenvalue weighted by molar-refractivity contribution is 7.89. The van der Waals surface area contributed by atoms with Crippen molar-refractivity contribution in [1.29, 1.82) is 0 Å². The van der Waals surface area contributed by atoms with Crippen molar-refractivity contribution >= 4 is 21.4 Å². The third-order valence-corrected chi connectivity index (χ3v) is 4.44. The highest BCUT2D eigenvalue weighted by Crippen LogP contribution is 2.31. The Hall–Kier alpha value is -1.67.